The highest BCUT2D eigenvalue weighted by molar-refractivity contribution is 7.99. The van der Waals surface area contributed by atoms with Crippen LogP contribution in [0.5, 0.6) is 0 Å². The fourth-order valence-corrected chi connectivity index (χ4v) is 2.17. The molecule has 88 valence electrons. The topological polar surface area (TPSA) is 92.0 Å². The average molecular weight is 253 g/mol. The summed E-state index contributed by atoms with van der Waals surface area (Å²) in [5.74, 6) is -2.01. The minimum Gasteiger partial charge on any atom is -0.478 e. The zero-order chi connectivity index (χ0) is 12.4. The number of H-pyrrole nitrogens is 1. The molecule has 4 N–H and O–H groups in total. The van der Waals surface area contributed by atoms with Crippen molar-refractivity contribution in [3.63, 3.8) is 0 Å². The number of nitrogens with zero attached hydrogens (tertiary/aromatic N) is 1. The quantitative estimate of drug-likeness (QED) is 0.727. The lowest BCUT2D eigenvalue weighted by molar-refractivity contribution is 0.0694. The first-order valence-electron chi connectivity index (χ1n) is 4.58. The van der Waals surface area contributed by atoms with Gasteiger partial charge in [0.2, 0.25) is 0 Å². The van der Waals surface area contributed by atoms with Gasteiger partial charge in [0.05, 0.1) is 11.3 Å². The summed E-state index contributed by atoms with van der Waals surface area (Å²) in [7, 11) is 0. The Labute approximate surface area is 99.9 Å². The summed E-state index contributed by atoms with van der Waals surface area (Å²) >= 11 is 1.08. The van der Waals surface area contributed by atoms with Gasteiger partial charge in [-0.2, -0.15) is 0 Å². The van der Waals surface area contributed by atoms with Crippen LogP contribution in [0.1, 0.15) is 10.4 Å². The Bertz CT molecular complexity index is 557. The van der Waals surface area contributed by atoms with Gasteiger partial charge < -0.3 is 15.8 Å². The number of aromatic nitrogens is 2. The van der Waals surface area contributed by atoms with Crippen LogP contribution in [0.15, 0.2) is 34.6 Å². The highest BCUT2D eigenvalue weighted by atomic mass is 32.2. The van der Waals surface area contributed by atoms with Gasteiger partial charge in [0, 0.05) is 17.3 Å². The van der Waals surface area contributed by atoms with Gasteiger partial charge in [-0.15, -0.1) is 0 Å². The van der Waals surface area contributed by atoms with E-state index in [4.69, 9.17) is 10.8 Å². The zero-order valence-corrected chi connectivity index (χ0v) is 9.29. The standard InChI is InChI=1S/C10H8FN3O2S/c11-5-1-2-6(7(8(5)12)9(15)16)17-10-13-3-4-14-10/h1-4H,12H2,(H,13,14)(H,15,16). The Morgan fingerprint density at radius 2 is 2.29 bits per heavy atom. The maximum Gasteiger partial charge on any atom is 0.339 e. The number of carboxylic acid groups (broad SMARTS) is 1. The summed E-state index contributed by atoms with van der Waals surface area (Å²) in [5, 5.41) is 9.52. The Morgan fingerprint density at radius 1 is 1.53 bits per heavy atom. The maximum absolute atomic E-state index is 13.2. The molecule has 0 aliphatic carbocycles. The molecule has 0 amide bonds. The summed E-state index contributed by atoms with van der Waals surface area (Å²) in [5.41, 5.74) is 4.80. The summed E-state index contributed by atoms with van der Waals surface area (Å²) < 4.78 is 13.2. The minimum atomic E-state index is -1.27. The molecule has 0 aliphatic heterocycles. The van der Waals surface area contributed by atoms with Crippen LogP contribution in [0.3, 0.4) is 0 Å². The van der Waals surface area contributed by atoms with Crippen molar-refractivity contribution in [2.75, 3.05) is 5.73 Å². The molecule has 5 nitrogen and oxygen atoms in total. The van der Waals surface area contributed by atoms with E-state index in [1.165, 1.54) is 12.3 Å². The highest BCUT2D eigenvalue weighted by Gasteiger charge is 2.18. The molecule has 17 heavy (non-hydrogen) atoms. The number of halogens is 1. The Hall–Kier alpha value is -2.02. The molecule has 0 saturated heterocycles. The van der Waals surface area contributed by atoms with E-state index in [1.54, 1.807) is 6.20 Å². The Kier molecular flexibility index (Phi) is 3.01. The van der Waals surface area contributed by atoms with Crippen LogP contribution in [-0.4, -0.2) is 21.0 Å². The van der Waals surface area contributed by atoms with Crippen molar-refractivity contribution in [1.29, 1.82) is 0 Å². The van der Waals surface area contributed by atoms with Crippen LogP contribution in [0.25, 0.3) is 0 Å². The molecular formula is C10H8FN3O2S. The molecule has 7 heteroatoms. The van der Waals surface area contributed by atoms with Crippen molar-refractivity contribution in [3.05, 3.63) is 35.9 Å². The number of hydrogen-bond donors (Lipinski definition) is 3. The van der Waals surface area contributed by atoms with Crippen molar-refractivity contribution in [3.8, 4) is 0 Å². The third-order valence-corrected chi connectivity index (χ3v) is 3.02. The van der Waals surface area contributed by atoms with Gasteiger partial charge in [0.15, 0.2) is 5.16 Å². The molecule has 0 fully saturated rings. The SMILES string of the molecule is Nc1c(F)ccc(Sc2ncc[nH]2)c1C(=O)O. The molecule has 0 radical (unpaired) electrons. The van der Waals surface area contributed by atoms with Crippen LogP contribution < -0.4 is 5.73 Å². The van der Waals surface area contributed by atoms with Crippen LogP contribution in [0.2, 0.25) is 0 Å². The van der Waals surface area contributed by atoms with Crippen LogP contribution in [0.4, 0.5) is 10.1 Å². The second-order valence-corrected chi connectivity index (χ2v) is 4.17. The Balaban J connectivity index is 2.47. The van der Waals surface area contributed by atoms with Gasteiger partial charge in [-0.3, -0.25) is 0 Å². The van der Waals surface area contributed by atoms with Crippen LogP contribution in [0, 0.1) is 5.82 Å². The smallest absolute Gasteiger partial charge is 0.339 e. The minimum absolute atomic E-state index is 0.244. The third-order valence-electron chi connectivity index (χ3n) is 2.05. The fraction of sp³-hybridized carbons (Fsp3) is 0. The molecular weight excluding hydrogens is 245 g/mol. The van der Waals surface area contributed by atoms with E-state index in [-0.39, 0.29) is 11.3 Å². The van der Waals surface area contributed by atoms with E-state index in [2.05, 4.69) is 9.97 Å². The van der Waals surface area contributed by atoms with Gasteiger partial charge in [0.1, 0.15) is 5.82 Å². The van der Waals surface area contributed by atoms with E-state index >= 15 is 0 Å². The number of nitrogens with two attached hydrogens (primary N) is 1. The summed E-state index contributed by atoms with van der Waals surface area (Å²) in [6.07, 6.45) is 3.14. The number of carboxylic acids is 1. The van der Waals surface area contributed by atoms with Crippen LogP contribution >= 0.6 is 11.8 Å². The van der Waals surface area contributed by atoms with E-state index in [0.29, 0.717) is 10.1 Å². The molecule has 0 atom stereocenters. The van der Waals surface area contributed by atoms with Gasteiger partial charge >= 0.3 is 5.97 Å². The number of aromatic carboxylic acids is 1. The van der Waals surface area contributed by atoms with Crippen molar-refractivity contribution in [1.82, 2.24) is 9.97 Å². The first-order valence-corrected chi connectivity index (χ1v) is 5.39. The number of carbonyl (C=O) groups is 1. The van der Waals surface area contributed by atoms with Crippen molar-refractivity contribution in [2.45, 2.75) is 10.1 Å². The number of rotatable bonds is 3. The van der Waals surface area contributed by atoms with Gasteiger partial charge in [-0.25, -0.2) is 14.2 Å². The molecule has 0 unspecified atom stereocenters. The largest absolute Gasteiger partial charge is 0.478 e. The molecule has 0 spiro atoms. The fourth-order valence-electron chi connectivity index (χ4n) is 1.29. The highest BCUT2D eigenvalue weighted by Crippen LogP contribution is 2.32. The van der Waals surface area contributed by atoms with E-state index < -0.39 is 11.8 Å². The summed E-state index contributed by atoms with van der Waals surface area (Å²) in [6.45, 7) is 0. The number of benzene rings is 1. The van der Waals surface area contributed by atoms with Gasteiger partial charge in [0.25, 0.3) is 0 Å². The number of imidazole rings is 1. The normalized spacial score (nSPS) is 10.4. The third kappa shape index (κ3) is 2.23. The van der Waals surface area contributed by atoms with Crippen molar-refractivity contribution < 1.29 is 14.3 Å². The monoisotopic (exact) mass is 253 g/mol. The lowest BCUT2D eigenvalue weighted by Gasteiger charge is -2.07. The lowest BCUT2D eigenvalue weighted by atomic mass is 10.2. The zero-order valence-electron chi connectivity index (χ0n) is 8.48. The number of aromatic amines is 1. The molecule has 0 aliphatic rings. The second kappa shape index (κ2) is 4.46. The average Bonchev–Trinajstić information content (AvgIpc) is 2.76. The predicted octanol–water partition coefficient (Wildman–Crippen LogP) is 1.98. The lowest BCUT2D eigenvalue weighted by Crippen LogP contribution is -2.06. The first kappa shape index (κ1) is 11.5. The molecule has 2 rings (SSSR count). The number of nitrogen functional groups attached to an aromatic ring is 1. The van der Waals surface area contributed by atoms with Gasteiger partial charge in [-0.1, -0.05) is 11.8 Å². The molecule has 1 aromatic carbocycles. The molecule has 0 saturated carbocycles. The summed E-state index contributed by atoms with van der Waals surface area (Å²) in [4.78, 5) is 18.1. The second-order valence-electron chi connectivity index (χ2n) is 3.14. The Morgan fingerprint density at radius 3 is 2.88 bits per heavy atom. The van der Waals surface area contributed by atoms with Crippen molar-refractivity contribution in [2.24, 2.45) is 0 Å². The van der Waals surface area contributed by atoms with Crippen molar-refractivity contribution >= 4 is 23.4 Å². The van der Waals surface area contributed by atoms with Crippen LogP contribution in [-0.2, 0) is 0 Å². The van der Waals surface area contributed by atoms with Gasteiger partial charge in [-0.05, 0) is 12.1 Å². The maximum atomic E-state index is 13.2. The number of anilines is 1. The molecule has 1 heterocycles. The predicted molar refractivity (Wildman–Crippen MR) is 60.5 cm³/mol. The first-order chi connectivity index (χ1) is 8.09. The molecule has 2 aromatic rings. The molecule has 0 bridgehead atoms. The number of nitrogens with one attached hydrogen (secondary N) is 1. The van der Waals surface area contributed by atoms with E-state index in [0.717, 1.165) is 17.8 Å². The van der Waals surface area contributed by atoms with E-state index in [9.17, 15) is 9.18 Å². The summed E-state index contributed by atoms with van der Waals surface area (Å²) in [6, 6.07) is 2.50. The van der Waals surface area contributed by atoms with E-state index in [1.807, 2.05) is 0 Å². The number of hydrogen-bond acceptors (Lipinski definition) is 4. The molecule has 1 aromatic heterocycles.